The first-order chi connectivity index (χ1) is 32.0. The fourth-order valence-electron chi connectivity index (χ4n) is 9.06. The summed E-state index contributed by atoms with van der Waals surface area (Å²) in [5.74, 6) is 1.17. The average molecular weight is 965 g/mol. The lowest BCUT2D eigenvalue weighted by molar-refractivity contribution is -0.127. The van der Waals surface area contributed by atoms with E-state index in [9.17, 15) is 9.59 Å². The number of unbranched alkanes of at least 4 members (excludes halogenated alkanes) is 3. The minimum absolute atomic E-state index is 0.0181. The van der Waals surface area contributed by atoms with Gasteiger partial charge in [0.2, 0.25) is 11.8 Å². The largest absolute Gasteiger partial charge is 0.381 e. The van der Waals surface area contributed by atoms with Gasteiger partial charge in [0.25, 0.3) is 0 Å². The van der Waals surface area contributed by atoms with E-state index in [4.69, 9.17) is 21.3 Å². The zero-order chi connectivity index (χ0) is 48.0. The number of likely N-dealkylation sites (tertiary alicyclic amines) is 1. The van der Waals surface area contributed by atoms with Gasteiger partial charge in [0.05, 0.1) is 40.3 Å². The molecular weight excluding hydrogens is 898 g/mol. The van der Waals surface area contributed by atoms with Crippen LogP contribution in [0.2, 0.25) is 5.02 Å². The summed E-state index contributed by atoms with van der Waals surface area (Å²) in [6.07, 6.45) is 5.62. The van der Waals surface area contributed by atoms with Gasteiger partial charge in [0.1, 0.15) is 23.5 Å². The summed E-state index contributed by atoms with van der Waals surface area (Å²) >= 11 is 9.61. The minimum Gasteiger partial charge on any atom is -0.381 e. The number of aromatic nitrogens is 4. The Morgan fingerprint density at radius 2 is 1.66 bits per heavy atom. The van der Waals surface area contributed by atoms with E-state index >= 15 is 0 Å². The van der Waals surface area contributed by atoms with Gasteiger partial charge in [-0.05, 0) is 94.5 Å². The third-order valence-electron chi connectivity index (χ3n) is 12.9. The van der Waals surface area contributed by atoms with Crippen LogP contribution in [0, 0.1) is 33.1 Å². The standard InChI is InChI=1S/C52H66ClN9O3S2/c1-31-36(6)67-51-46(31)47(39-21-23-41(53)24-22-39)57-42(50-60-59-37(7)62(50)51)28-44(63)54-25-13-11-12-14-27-65-29-45(64)58-49(52(8,9)10)35(5)61-26-15-16-43(61)33(3)56-32(2)38-17-19-40(20-18-38)48-34(4)55-30-66-48/h17-24,30,32,42-43,49,56H,3,5,11-16,25-29H2,1-2,4,6-10H3,(H,54,63)(H,58,64)/t32?,42-,43?,49?/m0/s1. The van der Waals surface area contributed by atoms with Crippen LogP contribution in [0.15, 0.2) is 83.6 Å². The van der Waals surface area contributed by atoms with Gasteiger partial charge in [-0.2, -0.15) is 0 Å². The first-order valence-corrected chi connectivity index (χ1v) is 25.5. The molecular formula is C52H66ClN9O3S2. The van der Waals surface area contributed by atoms with Gasteiger partial charge >= 0.3 is 0 Å². The average Bonchev–Trinajstić information content (AvgIpc) is 4.09. The summed E-state index contributed by atoms with van der Waals surface area (Å²) in [5, 5.41) is 20.6. The second-order valence-electron chi connectivity index (χ2n) is 18.9. The van der Waals surface area contributed by atoms with Crippen LogP contribution < -0.4 is 16.0 Å². The molecule has 0 saturated carbocycles. The number of fused-ring (bicyclic) bond motifs is 3. The molecule has 2 aliphatic heterocycles. The number of aliphatic imine (C=N–C) groups is 1. The Bertz CT molecular complexity index is 2590. The maximum atomic E-state index is 13.4. The number of rotatable bonds is 20. The van der Waals surface area contributed by atoms with Crippen molar-refractivity contribution in [2.75, 3.05) is 26.3 Å². The number of carbonyl (C=O) groups excluding carboxylic acids is 2. The second kappa shape index (κ2) is 21.9. The van der Waals surface area contributed by atoms with Crippen LogP contribution in [0.5, 0.6) is 0 Å². The van der Waals surface area contributed by atoms with Crippen LogP contribution >= 0.6 is 34.3 Å². The number of ether oxygens (including phenoxy) is 1. The number of amides is 2. The molecule has 0 radical (unpaired) electrons. The highest BCUT2D eigenvalue weighted by molar-refractivity contribution is 7.15. The Labute approximate surface area is 409 Å². The molecule has 3 aromatic heterocycles. The molecule has 0 bridgehead atoms. The van der Waals surface area contributed by atoms with Crippen LogP contribution in [-0.2, 0) is 14.3 Å². The summed E-state index contributed by atoms with van der Waals surface area (Å²) in [4.78, 5) is 41.0. The summed E-state index contributed by atoms with van der Waals surface area (Å²) in [6.45, 7) is 27.7. The fourth-order valence-corrected chi connectivity index (χ4v) is 11.2. The third-order valence-corrected chi connectivity index (χ3v) is 15.3. The van der Waals surface area contributed by atoms with Gasteiger partial charge in [0, 0.05) is 58.2 Å². The molecule has 3 unspecified atom stereocenters. The summed E-state index contributed by atoms with van der Waals surface area (Å²) < 4.78 is 7.92. The number of nitrogens with zero attached hydrogens (tertiary/aromatic N) is 6. The number of thiophene rings is 1. The Morgan fingerprint density at radius 1 is 0.940 bits per heavy atom. The smallest absolute Gasteiger partial charge is 0.246 e. The van der Waals surface area contributed by atoms with E-state index in [0.717, 1.165) is 95.4 Å². The number of carbonyl (C=O) groups is 2. The molecule has 2 amide bonds. The third kappa shape index (κ3) is 11.8. The lowest BCUT2D eigenvalue weighted by atomic mass is 9.84. The highest BCUT2D eigenvalue weighted by Gasteiger charge is 2.37. The van der Waals surface area contributed by atoms with Crippen molar-refractivity contribution in [1.29, 1.82) is 0 Å². The Kier molecular flexibility index (Phi) is 16.2. The van der Waals surface area contributed by atoms with Crippen LogP contribution in [0.3, 0.4) is 0 Å². The van der Waals surface area contributed by atoms with E-state index in [-0.39, 0.29) is 48.4 Å². The van der Waals surface area contributed by atoms with Crippen LogP contribution in [0.4, 0.5) is 0 Å². The van der Waals surface area contributed by atoms with Crippen LogP contribution in [0.25, 0.3) is 15.4 Å². The van der Waals surface area contributed by atoms with Gasteiger partial charge in [-0.25, -0.2) is 4.98 Å². The van der Waals surface area contributed by atoms with Crippen molar-refractivity contribution in [2.45, 2.75) is 125 Å². The molecule has 2 aromatic carbocycles. The first kappa shape index (κ1) is 49.7. The molecule has 12 nitrogen and oxygen atoms in total. The van der Waals surface area contributed by atoms with E-state index in [0.29, 0.717) is 24.0 Å². The molecule has 2 aliphatic rings. The van der Waals surface area contributed by atoms with E-state index in [2.05, 4.69) is 120 Å². The Hall–Kier alpha value is -5.15. The monoisotopic (exact) mass is 963 g/mol. The molecule has 3 N–H and O–H groups in total. The molecule has 67 heavy (non-hydrogen) atoms. The predicted molar refractivity (Wildman–Crippen MR) is 273 cm³/mol. The SMILES string of the molecule is C=C(NC(C)c1ccc(-c2scnc2C)cc1)C1CCCN1C(=C)C(NC(=O)COCCCCCCNC(=O)C[C@@H]1N=C(c2ccc(Cl)cc2)c2c(sc(C)c2C)-n2c(C)nnc21)C(C)(C)C. The molecule has 1 fully saturated rings. The van der Waals surface area contributed by atoms with E-state index in [1.165, 1.54) is 20.9 Å². The molecule has 7 rings (SSSR count). The molecule has 0 spiro atoms. The van der Waals surface area contributed by atoms with E-state index in [1.54, 1.807) is 22.7 Å². The molecule has 0 aliphatic carbocycles. The molecule has 4 atom stereocenters. The van der Waals surface area contributed by atoms with Crippen molar-refractivity contribution < 1.29 is 14.3 Å². The molecule has 5 aromatic rings. The number of halogens is 1. The first-order valence-electron chi connectivity index (χ1n) is 23.4. The molecule has 15 heteroatoms. The van der Waals surface area contributed by atoms with Gasteiger partial charge in [0.15, 0.2) is 5.82 Å². The highest BCUT2D eigenvalue weighted by atomic mass is 35.5. The minimum atomic E-state index is -0.513. The van der Waals surface area contributed by atoms with Crippen molar-refractivity contribution in [3.8, 4) is 15.4 Å². The van der Waals surface area contributed by atoms with Crippen molar-refractivity contribution in [3.05, 3.63) is 128 Å². The zero-order valence-electron chi connectivity index (χ0n) is 40.3. The number of hydrogen-bond acceptors (Lipinski definition) is 11. The quantitative estimate of drug-likeness (QED) is 0.0656. The van der Waals surface area contributed by atoms with Crippen LogP contribution in [0.1, 0.15) is 129 Å². The van der Waals surface area contributed by atoms with Crippen molar-refractivity contribution >= 4 is 51.8 Å². The van der Waals surface area contributed by atoms with Gasteiger partial charge in [-0.15, -0.1) is 32.9 Å². The fraction of sp³-hybridized carbons (Fsp3) is 0.462. The summed E-state index contributed by atoms with van der Waals surface area (Å²) in [5.41, 5.74) is 10.8. The van der Waals surface area contributed by atoms with Gasteiger partial charge in [-0.1, -0.05) is 94.8 Å². The van der Waals surface area contributed by atoms with Gasteiger partial charge in [-0.3, -0.25) is 19.1 Å². The van der Waals surface area contributed by atoms with E-state index in [1.807, 2.05) is 43.6 Å². The number of thiazole rings is 1. The molecule has 356 valence electrons. The predicted octanol–water partition coefficient (Wildman–Crippen LogP) is 10.7. The Morgan fingerprint density at radius 3 is 2.36 bits per heavy atom. The molecule has 5 heterocycles. The van der Waals surface area contributed by atoms with Crippen molar-refractivity contribution in [1.82, 2.24) is 40.6 Å². The number of hydrogen-bond donors (Lipinski definition) is 3. The van der Waals surface area contributed by atoms with Crippen LogP contribution in [-0.4, -0.2) is 80.6 Å². The number of aryl methyl sites for hydroxylation is 3. The topological polar surface area (TPSA) is 139 Å². The second-order valence-corrected chi connectivity index (χ2v) is 21.4. The lowest BCUT2D eigenvalue weighted by Gasteiger charge is -2.40. The summed E-state index contributed by atoms with van der Waals surface area (Å²) in [6, 6.07) is 15.7. The lowest BCUT2D eigenvalue weighted by Crippen LogP contribution is -2.51. The van der Waals surface area contributed by atoms with Gasteiger partial charge < -0.3 is 25.6 Å². The number of benzene rings is 2. The van der Waals surface area contributed by atoms with Crippen molar-refractivity contribution in [3.63, 3.8) is 0 Å². The van der Waals surface area contributed by atoms with E-state index < -0.39 is 6.04 Å². The zero-order valence-corrected chi connectivity index (χ0v) is 42.7. The maximum absolute atomic E-state index is 13.4. The normalized spacial score (nSPS) is 16.7. The molecule has 1 saturated heterocycles. The highest BCUT2D eigenvalue weighted by Crippen LogP contribution is 2.40. The number of nitrogens with one attached hydrogen (secondary N) is 3. The Balaban J connectivity index is 0.831. The van der Waals surface area contributed by atoms with Crippen molar-refractivity contribution in [2.24, 2.45) is 10.4 Å². The maximum Gasteiger partial charge on any atom is 0.246 e. The summed E-state index contributed by atoms with van der Waals surface area (Å²) in [7, 11) is 0.